The molecule has 0 aromatic rings. The summed E-state index contributed by atoms with van der Waals surface area (Å²) in [5.41, 5.74) is 0. The summed E-state index contributed by atoms with van der Waals surface area (Å²) in [6.07, 6.45) is 5.96. The zero-order valence-corrected chi connectivity index (χ0v) is 28.1. The molecule has 11 heteroatoms. The van der Waals surface area contributed by atoms with Gasteiger partial charge in [-0.25, -0.2) is 4.79 Å². The van der Waals surface area contributed by atoms with E-state index < -0.39 is 79.0 Å². The number of aliphatic hydroxyl groups excluding tert-OH is 8. The van der Waals surface area contributed by atoms with Crippen molar-refractivity contribution in [2.24, 2.45) is 17.8 Å². The lowest BCUT2D eigenvalue weighted by Gasteiger charge is -2.29. The van der Waals surface area contributed by atoms with Gasteiger partial charge in [0.2, 0.25) is 0 Å². The summed E-state index contributed by atoms with van der Waals surface area (Å²) in [4.78, 5) is 12.5. The second kappa shape index (κ2) is 21.0. The van der Waals surface area contributed by atoms with Crippen LogP contribution in [-0.4, -0.2) is 114 Å². The van der Waals surface area contributed by atoms with Crippen molar-refractivity contribution in [3.63, 3.8) is 0 Å². The van der Waals surface area contributed by atoms with Crippen LogP contribution >= 0.6 is 0 Å². The topological polar surface area (TPSA) is 197 Å². The summed E-state index contributed by atoms with van der Waals surface area (Å²) in [6.45, 7) is 7.48. The van der Waals surface area contributed by atoms with Gasteiger partial charge in [-0.3, -0.25) is 0 Å². The standard InChI is InChI=1S/C36H58O11/c1-22(2)36-23(3)13-14-25(37)15-26(38)16-27(39)17-28(40)18-29(41)19-30(42)20-34-24(4)31(43)21-32(44)33(46-34)11-9-7-5-6-8-10-12-35(45)47-36/h5-14,22-34,36-44H,15-21H2,1-4H3/t23-,24+,25-,26-,27+,28-,29+,30+,31-,32+,33-,34+,36-/m0/s1. The monoisotopic (exact) mass is 666 g/mol. The number of aliphatic hydroxyl groups is 8. The van der Waals surface area contributed by atoms with Crippen molar-refractivity contribution in [2.45, 2.75) is 140 Å². The molecule has 11 nitrogen and oxygen atoms in total. The molecule has 2 bridgehead atoms. The van der Waals surface area contributed by atoms with Gasteiger partial charge in [0.05, 0.1) is 54.9 Å². The molecule has 268 valence electrons. The van der Waals surface area contributed by atoms with Gasteiger partial charge in [0.15, 0.2) is 0 Å². The molecule has 2 rings (SSSR count). The maximum Gasteiger partial charge on any atom is 0.331 e. The van der Waals surface area contributed by atoms with E-state index in [0.717, 1.165) is 0 Å². The van der Waals surface area contributed by atoms with Gasteiger partial charge in [-0.15, -0.1) is 0 Å². The first-order chi connectivity index (χ1) is 22.2. The van der Waals surface area contributed by atoms with Crippen molar-refractivity contribution in [3.05, 3.63) is 60.8 Å². The first kappa shape index (κ1) is 41.0. The number of carbonyl (C=O) groups excluding carboxylic acids is 1. The van der Waals surface area contributed by atoms with E-state index in [1.807, 2.05) is 20.8 Å². The molecule has 0 amide bonds. The summed E-state index contributed by atoms with van der Waals surface area (Å²) in [6, 6.07) is 0. The van der Waals surface area contributed by atoms with Crippen LogP contribution in [0.1, 0.15) is 72.6 Å². The van der Waals surface area contributed by atoms with E-state index >= 15 is 0 Å². The third-order valence-electron chi connectivity index (χ3n) is 8.74. The number of hydrogen-bond acceptors (Lipinski definition) is 11. The van der Waals surface area contributed by atoms with Crippen LogP contribution in [0.4, 0.5) is 0 Å². The number of hydrogen-bond donors (Lipinski definition) is 8. The number of esters is 1. The zero-order chi connectivity index (χ0) is 35.1. The van der Waals surface area contributed by atoms with Gasteiger partial charge in [0.25, 0.3) is 0 Å². The molecule has 0 aromatic carbocycles. The Morgan fingerprint density at radius 2 is 1.13 bits per heavy atom. The third kappa shape index (κ3) is 15.7. The maximum absolute atomic E-state index is 12.5. The van der Waals surface area contributed by atoms with E-state index in [1.54, 1.807) is 55.5 Å². The second-order valence-electron chi connectivity index (χ2n) is 13.5. The van der Waals surface area contributed by atoms with E-state index in [-0.39, 0.29) is 56.8 Å². The van der Waals surface area contributed by atoms with Crippen LogP contribution in [0.15, 0.2) is 60.8 Å². The molecule has 8 N–H and O–H groups in total. The molecular weight excluding hydrogens is 608 g/mol. The lowest BCUT2D eigenvalue weighted by atomic mass is 9.90. The van der Waals surface area contributed by atoms with Crippen LogP contribution < -0.4 is 0 Å². The van der Waals surface area contributed by atoms with Gasteiger partial charge in [-0.05, 0) is 38.0 Å². The van der Waals surface area contributed by atoms with Crippen LogP contribution in [0.3, 0.4) is 0 Å². The average molecular weight is 667 g/mol. The van der Waals surface area contributed by atoms with Gasteiger partial charge in [0.1, 0.15) is 12.2 Å². The minimum atomic E-state index is -1.10. The number of fused-ring (bicyclic) bond motifs is 2. The highest BCUT2D eigenvalue weighted by Gasteiger charge is 2.37. The molecule has 2 aliphatic rings. The number of ether oxygens (including phenoxy) is 2. The van der Waals surface area contributed by atoms with E-state index in [1.165, 1.54) is 12.2 Å². The molecule has 2 heterocycles. The lowest BCUT2D eigenvalue weighted by molar-refractivity contribution is -0.147. The Kier molecular flexibility index (Phi) is 18.3. The quantitative estimate of drug-likeness (QED) is 0.151. The van der Waals surface area contributed by atoms with E-state index in [4.69, 9.17) is 9.47 Å². The van der Waals surface area contributed by atoms with Crippen LogP contribution in [-0.2, 0) is 14.3 Å². The smallest absolute Gasteiger partial charge is 0.331 e. The third-order valence-corrected chi connectivity index (χ3v) is 8.74. The van der Waals surface area contributed by atoms with Crippen molar-refractivity contribution in [1.82, 2.24) is 0 Å². The molecule has 0 radical (unpaired) electrons. The maximum atomic E-state index is 12.5. The molecular formula is C36H58O11. The second-order valence-corrected chi connectivity index (χ2v) is 13.5. The van der Waals surface area contributed by atoms with E-state index in [2.05, 4.69) is 0 Å². The van der Waals surface area contributed by atoms with Gasteiger partial charge >= 0.3 is 5.97 Å². The summed E-state index contributed by atoms with van der Waals surface area (Å²) in [5, 5.41) is 84.3. The Hall–Kier alpha value is -2.19. The van der Waals surface area contributed by atoms with Crippen molar-refractivity contribution in [3.8, 4) is 0 Å². The minimum Gasteiger partial charge on any atom is -0.458 e. The van der Waals surface area contributed by atoms with Crippen molar-refractivity contribution in [1.29, 1.82) is 0 Å². The number of carbonyl (C=O) groups is 1. The normalized spacial score (nSPS) is 39.9. The fourth-order valence-corrected chi connectivity index (χ4v) is 6.07. The van der Waals surface area contributed by atoms with Crippen molar-refractivity contribution < 1.29 is 55.1 Å². The van der Waals surface area contributed by atoms with E-state index in [0.29, 0.717) is 0 Å². The molecule has 0 spiro atoms. The fraction of sp³-hybridized carbons (Fsp3) is 0.694. The Labute approximate surface area is 279 Å². The van der Waals surface area contributed by atoms with Gasteiger partial charge < -0.3 is 50.3 Å². The first-order valence-electron chi connectivity index (χ1n) is 16.8. The average Bonchev–Trinajstić information content (AvgIpc) is 3.06. The molecule has 0 unspecified atom stereocenters. The molecule has 0 aliphatic carbocycles. The fourth-order valence-electron chi connectivity index (χ4n) is 6.07. The van der Waals surface area contributed by atoms with Crippen molar-refractivity contribution in [2.75, 3.05) is 0 Å². The predicted octanol–water partition coefficient (Wildman–Crippen LogP) is 2.01. The molecule has 13 atom stereocenters. The molecule has 1 fully saturated rings. The zero-order valence-electron chi connectivity index (χ0n) is 28.1. The Bertz CT molecular complexity index is 1050. The molecule has 1 saturated heterocycles. The molecule has 2 aliphatic heterocycles. The highest BCUT2D eigenvalue weighted by atomic mass is 16.5. The summed E-state index contributed by atoms with van der Waals surface area (Å²) in [7, 11) is 0. The van der Waals surface area contributed by atoms with Crippen LogP contribution in [0, 0.1) is 17.8 Å². The predicted molar refractivity (Wildman–Crippen MR) is 178 cm³/mol. The van der Waals surface area contributed by atoms with Crippen molar-refractivity contribution >= 4 is 5.97 Å². The summed E-state index contributed by atoms with van der Waals surface area (Å²) in [5.74, 6) is -1.16. The Morgan fingerprint density at radius 3 is 1.70 bits per heavy atom. The van der Waals surface area contributed by atoms with Gasteiger partial charge in [0, 0.05) is 30.8 Å². The summed E-state index contributed by atoms with van der Waals surface area (Å²) >= 11 is 0. The van der Waals surface area contributed by atoms with Gasteiger partial charge in [-0.2, -0.15) is 0 Å². The van der Waals surface area contributed by atoms with Crippen LogP contribution in [0.2, 0.25) is 0 Å². The van der Waals surface area contributed by atoms with E-state index in [9.17, 15) is 45.6 Å². The minimum absolute atomic E-state index is 0.00861. The molecule has 0 saturated carbocycles. The Balaban J connectivity index is 2.22. The van der Waals surface area contributed by atoms with Crippen LogP contribution in [0.5, 0.6) is 0 Å². The Morgan fingerprint density at radius 1 is 0.617 bits per heavy atom. The number of rotatable bonds is 1. The first-order valence-corrected chi connectivity index (χ1v) is 16.8. The van der Waals surface area contributed by atoms with Crippen LogP contribution in [0.25, 0.3) is 0 Å². The number of allylic oxidation sites excluding steroid dienone is 6. The SMILES string of the molecule is CC(C)[C@@H]1OC(=O)C=CC=CC=CC=C[C@@H]2O[C@H](C[C@H](O)C[C@H](O)C[C@@H](O)C[C@H](O)C[C@@H](O)C[C@@H](O)C=C[C@@H]1C)[C@H](C)[C@@H](O)C[C@H]2O. The van der Waals surface area contributed by atoms with Gasteiger partial charge in [-0.1, -0.05) is 82.4 Å². The summed E-state index contributed by atoms with van der Waals surface area (Å²) < 4.78 is 11.8. The highest BCUT2D eigenvalue weighted by Crippen LogP contribution is 2.29. The molecule has 0 aromatic heterocycles. The molecule has 47 heavy (non-hydrogen) atoms. The number of cyclic esters (lactones) is 1. The largest absolute Gasteiger partial charge is 0.458 e. The lowest BCUT2D eigenvalue weighted by Crippen LogP contribution is -2.35. The highest BCUT2D eigenvalue weighted by molar-refractivity contribution is 5.82.